The molecule has 1 aromatic rings. The molecular formula is C2H4BrN3S. The summed E-state index contributed by atoms with van der Waals surface area (Å²) in [7, 11) is 0. The molecule has 0 atom stereocenters. The van der Waals surface area contributed by atoms with Gasteiger partial charge in [0.2, 0.25) is 6.33 Å². The highest BCUT2D eigenvalue weighted by Gasteiger charge is 1.87. The van der Waals surface area contributed by atoms with E-state index in [-0.39, 0.29) is 17.0 Å². The summed E-state index contributed by atoms with van der Waals surface area (Å²) >= 11 is 1.25. The average Bonchev–Trinajstić information content (AvgIpc) is 1.86. The smallest absolute Gasteiger partial charge is 0.308 e. The maximum atomic E-state index is 5.18. The summed E-state index contributed by atoms with van der Waals surface area (Å²) in [6, 6.07) is 0. The Morgan fingerprint density at radius 2 is 2.57 bits per heavy atom. The maximum Gasteiger partial charge on any atom is 0.308 e. The van der Waals surface area contributed by atoms with Crippen molar-refractivity contribution in [2.45, 2.75) is 0 Å². The quantitative estimate of drug-likeness (QED) is 0.453. The second-order valence-electron chi connectivity index (χ2n) is 0.834. The molecule has 0 saturated carbocycles. The molecule has 40 valence electrons. The molecule has 3 N–H and O–H groups in total. The lowest BCUT2D eigenvalue weighted by molar-refractivity contribution is -0.357. The molecule has 1 heterocycles. The second kappa shape index (κ2) is 2.92. The molecule has 1 rings (SSSR count). The molecule has 1 aromatic heterocycles. The molecule has 7 heavy (non-hydrogen) atoms. The first-order valence-corrected chi connectivity index (χ1v) is 2.25. The molecule has 0 radical (unpaired) electrons. The zero-order valence-electron chi connectivity index (χ0n) is 3.39. The maximum absolute atomic E-state index is 5.18. The first-order valence-electron chi connectivity index (χ1n) is 1.47. The number of hydrogen-bond donors (Lipinski definition) is 1. The molecule has 0 amide bonds. The molecule has 0 fully saturated rings. The number of hydrogen-bond acceptors (Lipinski definition) is 3. The van der Waals surface area contributed by atoms with Crippen LogP contribution in [0.25, 0.3) is 0 Å². The van der Waals surface area contributed by atoms with Gasteiger partial charge in [-0.1, -0.05) is 0 Å². The van der Waals surface area contributed by atoms with Crippen LogP contribution in [0, 0.1) is 0 Å². The Hall–Kier alpha value is -0.160. The van der Waals surface area contributed by atoms with Crippen molar-refractivity contribution < 1.29 is 22.0 Å². The molecule has 3 nitrogen and oxygen atoms in total. The van der Waals surface area contributed by atoms with Gasteiger partial charge >= 0.3 is 5.13 Å². The number of aromatic nitrogens is 2. The van der Waals surface area contributed by atoms with Crippen LogP contribution in [0.2, 0.25) is 0 Å². The van der Waals surface area contributed by atoms with Gasteiger partial charge in [-0.05, 0) is 4.37 Å². The largest absolute Gasteiger partial charge is 1.00 e. The predicted octanol–water partition coefficient (Wildman–Crippen LogP) is -3.46. The zero-order valence-corrected chi connectivity index (χ0v) is 5.79. The van der Waals surface area contributed by atoms with Gasteiger partial charge in [0.1, 0.15) is 11.5 Å². The number of halogens is 1. The molecule has 0 unspecified atom stereocenters. The normalized spacial score (nSPS) is 7.43. The van der Waals surface area contributed by atoms with Crippen molar-refractivity contribution in [2.75, 3.05) is 5.73 Å². The summed E-state index contributed by atoms with van der Waals surface area (Å²) in [6.07, 6.45) is 1.56. The molecular weight excluding hydrogens is 178 g/mol. The molecule has 0 bridgehead atoms. The van der Waals surface area contributed by atoms with E-state index in [1.54, 1.807) is 6.33 Å². The van der Waals surface area contributed by atoms with E-state index in [1.807, 2.05) is 0 Å². The number of rotatable bonds is 0. The first-order chi connectivity index (χ1) is 2.89. The summed E-state index contributed by atoms with van der Waals surface area (Å²) in [5.74, 6) is 0. The number of aromatic amines is 1. The van der Waals surface area contributed by atoms with Crippen molar-refractivity contribution in [1.82, 2.24) is 4.37 Å². The fourth-order valence-corrected chi connectivity index (χ4v) is 0.524. The van der Waals surface area contributed by atoms with Gasteiger partial charge in [0, 0.05) is 0 Å². The number of nitrogen functional groups attached to an aromatic ring is 1. The lowest BCUT2D eigenvalue weighted by Gasteiger charge is -1.57. The summed E-state index contributed by atoms with van der Waals surface area (Å²) in [4.78, 5) is 2.69. The van der Waals surface area contributed by atoms with Crippen LogP contribution < -0.4 is 27.7 Å². The number of nitrogens with one attached hydrogen (secondary N) is 1. The Kier molecular flexibility index (Phi) is 2.86. The second-order valence-corrected chi connectivity index (χ2v) is 1.67. The van der Waals surface area contributed by atoms with E-state index in [0.29, 0.717) is 5.13 Å². The highest BCUT2D eigenvalue weighted by molar-refractivity contribution is 7.08. The summed E-state index contributed by atoms with van der Waals surface area (Å²) < 4.78 is 3.68. The fraction of sp³-hybridized carbons (Fsp3) is 0. The van der Waals surface area contributed by atoms with Gasteiger partial charge in [-0.25, -0.2) is 4.98 Å². The van der Waals surface area contributed by atoms with Gasteiger partial charge < -0.3 is 22.7 Å². The van der Waals surface area contributed by atoms with Crippen molar-refractivity contribution in [2.24, 2.45) is 0 Å². The van der Waals surface area contributed by atoms with Gasteiger partial charge in [-0.2, -0.15) is 0 Å². The Labute approximate surface area is 55.5 Å². The molecule has 0 aliphatic heterocycles. The minimum atomic E-state index is 0. The molecule has 0 spiro atoms. The third kappa shape index (κ3) is 1.84. The number of nitrogens with zero attached hydrogens (tertiary/aromatic N) is 1. The van der Waals surface area contributed by atoms with Crippen LogP contribution in [-0.4, -0.2) is 4.37 Å². The lowest BCUT2D eigenvalue weighted by Crippen LogP contribution is -3.00. The Morgan fingerprint density at radius 3 is 2.71 bits per heavy atom. The van der Waals surface area contributed by atoms with E-state index < -0.39 is 0 Å². The number of nitrogens with two attached hydrogens (primary N) is 1. The SMILES string of the molecule is Nc1[nH+]cns1.[Br-]. The van der Waals surface area contributed by atoms with Crippen molar-refractivity contribution in [3.8, 4) is 0 Å². The van der Waals surface area contributed by atoms with E-state index in [4.69, 9.17) is 5.73 Å². The van der Waals surface area contributed by atoms with E-state index >= 15 is 0 Å². The van der Waals surface area contributed by atoms with Crippen LogP contribution in [0.4, 0.5) is 5.13 Å². The van der Waals surface area contributed by atoms with E-state index in [2.05, 4.69) is 9.36 Å². The standard InChI is InChI=1S/C2H3N3S.BrH/c3-2-4-1-5-6-2;/h1H,(H2,3,4,5);1H. The van der Waals surface area contributed by atoms with Crippen LogP contribution in [0.3, 0.4) is 0 Å². The summed E-state index contributed by atoms with van der Waals surface area (Å²) in [5, 5.41) is 0.648. The van der Waals surface area contributed by atoms with E-state index in [9.17, 15) is 0 Å². The number of anilines is 1. The van der Waals surface area contributed by atoms with Crippen molar-refractivity contribution in [3.05, 3.63) is 6.33 Å². The molecule has 0 saturated heterocycles. The molecule has 5 heteroatoms. The topological polar surface area (TPSA) is 53.0 Å². The monoisotopic (exact) mass is 181 g/mol. The van der Waals surface area contributed by atoms with E-state index in [1.165, 1.54) is 11.5 Å². The molecule has 0 aliphatic rings. The average molecular weight is 182 g/mol. The third-order valence-electron chi connectivity index (χ3n) is 0.411. The fourth-order valence-electron chi connectivity index (χ4n) is 0.199. The first kappa shape index (κ1) is 6.84. The number of H-pyrrole nitrogens is 1. The van der Waals surface area contributed by atoms with Gasteiger partial charge in [0.25, 0.3) is 0 Å². The minimum absolute atomic E-state index is 0. The highest BCUT2D eigenvalue weighted by Crippen LogP contribution is 1.90. The molecule has 0 aliphatic carbocycles. The van der Waals surface area contributed by atoms with Crippen molar-refractivity contribution >= 4 is 16.7 Å². The van der Waals surface area contributed by atoms with Crippen LogP contribution in [0.5, 0.6) is 0 Å². The Morgan fingerprint density at radius 1 is 1.86 bits per heavy atom. The van der Waals surface area contributed by atoms with Crippen molar-refractivity contribution in [1.29, 1.82) is 0 Å². The Balaban J connectivity index is 0.000000360. The van der Waals surface area contributed by atoms with Crippen LogP contribution in [0.1, 0.15) is 0 Å². The Bertz CT molecular complexity index is 116. The zero-order chi connectivity index (χ0) is 4.41. The van der Waals surface area contributed by atoms with Gasteiger partial charge in [-0.3, -0.25) is 0 Å². The predicted molar refractivity (Wildman–Crippen MR) is 23.1 cm³/mol. The van der Waals surface area contributed by atoms with Gasteiger partial charge in [0.15, 0.2) is 0 Å². The third-order valence-corrected chi connectivity index (χ3v) is 0.936. The summed E-state index contributed by atoms with van der Waals surface area (Å²) in [6.45, 7) is 0. The van der Waals surface area contributed by atoms with Crippen LogP contribution in [0.15, 0.2) is 6.33 Å². The van der Waals surface area contributed by atoms with Crippen molar-refractivity contribution in [3.63, 3.8) is 0 Å². The van der Waals surface area contributed by atoms with Gasteiger partial charge in [0.05, 0.1) is 0 Å². The minimum Gasteiger partial charge on any atom is -1.00 e. The summed E-state index contributed by atoms with van der Waals surface area (Å²) in [5.41, 5.74) is 5.18. The molecule has 0 aromatic carbocycles. The van der Waals surface area contributed by atoms with E-state index in [0.717, 1.165) is 0 Å². The van der Waals surface area contributed by atoms with Crippen LogP contribution in [-0.2, 0) is 0 Å². The van der Waals surface area contributed by atoms with Crippen LogP contribution >= 0.6 is 11.5 Å². The van der Waals surface area contributed by atoms with Gasteiger partial charge in [-0.15, -0.1) is 0 Å². The lowest BCUT2D eigenvalue weighted by atomic mass is 11.2. The highest BCUT2D eigenvalue weighted by atomic mass is 79.9.